The molecule has 0 atom stereocenters. The number of halogens is 6. The van der Waals surface area contributed by atoms with Gasteiger partial charge in [-0.2, -0.15) is 26.3 Å². The molecule has 0 radical (unpaired) electrons. The molecule has 0 heterocycles. The summed E-state index contributed by atoms with van der Waals surface area (Å²) < 4.78 is 78.0. The third-order valence-electron chi connectivity index (χ3n) is 5.70. The van der Waals surface area contributed by atoms with Gasteiger partial charge in [-0.1, -0.05) is 19.8 Å². The van der Waals surface area contributed by atoms with E-state index < -0.39 is 30.6 Å². The lowest BCUT2D eigenvalue weighted by Gasteiger charge is -2.45. The summed E-state index contributed by atoms with van der Waals surface area (Å²) in [6.45, 7) is 2.15. The van der Waals surface area contributed by atoms with Crippen LogP contribution < -0.4 is 0 Å². The van der Waals surface area contributed by atoms with Crippen LogP contribution in [0.1, 0.15) is 58.3 Å². The van der Waals surface area contributed by atoms with Gasteiger partial charge in [-0.15, -0.1) is 0 Å². The molecule has 0 aromatic rings. The SMILES string of the molecule is CC1CCC(C2CCC(C(F)(F)F)(C(F)(F)F)CC2)CC1. The van der Waals surface area contributed by atoms with Crippen molar-refractivity contribution in [1.29, 1.82) is 0 Å². The van der Waals surface area contributed by atoms with E-state index in [1.165, 1.54) is 0 Å². The highest BCUT2D eigenvalue weighted by atomic mass is 19.4. The Kier molecular flexibility index (Phi) is 4.56. The van der Waals surface area contributed by atoms with Gasteiger partial charge in [-0.05, 0) is 56.3 Å². The molecule has 2 aliphatic rings. The highest BCUT2D eigenvalue weighted by Gasteiger charge is 2.70. The summed E-state index contributed by atoms with van der Waals surface area (Å²) >= 11 is 0. The average Bonchev–Trinajstić information content (AvgIpc) is 2.37. The van der Waals surface area contributed by atoms with Crippen LogP contribution in [0.15, 0.2) is 0 Å². The molecule has 0 N–H and O–H groups in total. The first kappa shape index (κ1) is 16.9. The van der Waals surface area contributed by atoms with Crippen LogP contribution in [0.25, 0.3) is 0 Å². The summed E-state index contributed by atoms with van der Waals surface area (Å²) in [6, 6.07) is 0. The molecule has 2 aliphatic carbocycles. The Bertz CT molecular complexity index is 324. The first-order valence-electron chi connectivity index (χ1n) is 7.70. The molecule has 2 saturated carbocycles. The Morgan fingerprint density at radius 2 is 1.05 bits per heavy atom. The van der Waals surface area contributed by atoms with Crippen molar-refractivity contribution < 1.29 is 26.3 Å². The third kappa shape index (κ3) is 3.19. The molecule has 2 fully saturated rings. The van der Waals surface area contributed by atoms with E-state index >= 15 is 0 Å². The zero-order chi connectivity index (χ0) is 15.9. The second-order valence-corrected chi connectivity index (χ2v) is 6.94. The summed E-state index contributed by atoms with van der Waals surface area (Å²) in [5, 5.41) is 0. The van der Waals surface area contributed by atoms with E-state index in [1.54, 1.807) is 0 Å². The summed E-state index contributed by atoms with van der Waals surface area (Å²) in [7, 11) is 0. The standard InChI is InChI=1S/C15H22F6/c1-10-2-4-11(5-3-10)12-6-8-13(9-7-12,14(16,17)18)15(19,20)21/h10-12H,2-9H2,1H3. The fraction of sp³-hybridized carbons (Fsp3) is 1.00. The van der Waals surface area contributed by atoms with E-state index in [1.807, 2.05) is 0 Å². The highest BCUT2D eigenvalue weighted by molar-refractivity contribution is 4.97. The quantitative estimate of drug-likeness (QED) is 0.512. The summed E-state index contributed by atoms with van der Waals surface area (Å²) in [4.78, 5) is 0. The predicted molar refractivity (Wildman–Crippen MR) is 67.6 cm³/mol. The van der Waals surface area contributed by atoms with Crippen molar-refractivity contribution in [2.45, 2.75) is 70.6 Å². The third-order valence-corrected chi connectivity index (χ3v) is 5.70. The van der Waals surface area contributed by atoms with Crippen LogP contribution in [0.2, 0.25) is 0 Å². The van der Waals surface area contributed by atoms with Gasteiger partial charge in [-0.25, -0.2) is 0 Å². The lowest BCUT2D eigenvalue weighted by molar-refractivity contribution is -0.352. The molecule has 0 aromatic heterocycles. The molecule has 0 bridgehead atoms. The maximum atomic E-state index is 13.0. The Labute approximate surface area is 121 Å². The van der Waals surface area contributed by atoms with E-state index in [2.05, 4.69) is 6.92 Å². The number of alkyl halides is 6. The largest absolute Gasteiger partial charge is 0.403 e. The van der Waals surface area contributed by atoms with E-state index in [0.29, 0.717) is 11.8 Å². The van der Waals surface area contributed by atoms with Crippen LogP contribution in [0.4, 0.5) is 26.3 Å². The van der Waals surface area contributed by atoms with Gasteiger partial charge in [0.25, 0.3) is 0 Å². The molecule has 0 aromatic carbocycles. The van der Waals surface area contributed by atoms with Crippen molar-refractivity contribution in [3.8, 4) is 0 Å². The van der Waals surface area contributed by atoms with Crippen molar-refractivity contribution in [2.24, 2.45) is 23.2 Å². The first-order chi connectivity index (χ1) is 9.57. The van der Waals surface area contributed by atoms with Crippen molar-refractivity contribution in [1.82, 2.24) is 0 Å². The summed E-state index contributed by atoms with van der Waals surface area (Å²) in [6.07, 6.45) is -7.87. The summed E-state index contributed by atoms with van der Waals surface area (Å²) in [5.41, 5.74) is -3.47. The minimum absolute atomic E-state index is 0.0373. The first-order valence-corrected chi connectivity index (χ1v) is 7.70. The van der Waals surface area contributed by atoms with Gasteiger partial charge in [0, 0.05) is 0 Å². The number of rotatable bonds is 1. The molecule has 0 amide bonds. The second kappa shape index (κ2) is 5.65. The Hall–Kier alpha value is -0.420. The highest BCUT2D eigenvalue weighted by Crippen LogP contribution is 2.60. The van der Waals surface area contributed by atoms with E-state index in [0.717, 1.165) is 25.7 Å². The topological polar surface area (TPSA) is 0 Å². The molecular formula is C15H22F6. The van der Waals surface area contributed by atoms with Crippen LogP contribution in [-0.2, 0) is 0 Å². The van der Waals surface area contributed by atoms with Crippen molar-refractivity contribution in [3.63, 3.8) is 0 Å². The van der Waals surface area contributed by atoms with Crippen LogP contribution in [0, 0.1) is 23.2 Å². The lowest BCUT2D eigenvalue weighted by Crippen LogP contribution is -2.52. The molecule has 0 unspecified atom stereocenters. The van der Waals surface area contributed by atoms with E-state index in [9.17, 15) is 26.3 Å². The summed E-state index contributed by atoms with van der Waals surface area (Å²) in [5.74, 6) is 0.991. The Balaban J connectivity index is 2.03. The fourth-order valence-corrected chi connectivity index (χ4v) is 4.09. The Morgan fingerprint density at radius 1 is 0.667 bits per heavy atom. The molecular weight excluding hydrogens is 294 g/mol. The van der Waals surface area contributed by atoms with Crippen LogP contribution in [0.5, 0.6) is 0 Å². The lowest BCUT2D eigenvalue weighted by atomic mass is 9.64. The molecule has 2 rings (SSSR count). The predicted octanol–water partition coefficient (Wildman–Crippen LogP) is 6.11. The maximum Gasteiger partial charge on any atom is 0.403 e. The number of hydrogen-bond acceptors (Lipinski definition) is 0. The molecule has 0 saturated heterocycles. The van der Waals surface area contributed by atoms with Crippen molar-refractivity contribution >= 4 is 0 Å². The second-order valence-electron chi connectivity index (χ2n) is 6.94. The van der Waals surface area contributed by atoms with Gasteiger partial charge < -0.3 is 0 Å². The fourth-order valence-electron chi connectivity index (χ4n) is 4.09. The van der Waals surface area contributed by atoms with E-state index in [4.69, 9.17) is 0 Å². The zero-order valence-electron chi connectivity index (χ0n) is 12.2. The molecule has 0 spiro atoms. The smallest absolute Gasteiger partial charge is 0.170 e. The average molecular weight is 316 g/mol. The van der Waals surface area contributed by atoms with Crippen LogP contribution in [0.3, 0.4) is 0 Å². The normalized spacial score (nSPS) is 32.1. The Morgan fingerprint density at radius 3 is 1.43 bits per heavy atom. The molecule has 124 valence electrons. The molecule has 0 aliphatic heterocycles. The van der Waals surface area contributed by atoms with Crippen LogP contribution >= 0.6 is 0 Å². The molecule has 0 nitrogen and oxygen atoms in total. The molecule has 6 heteroatoms. The minimum atomic E-state index is -5.20. The van der Waals surface area contributed by atoms with Crippen molar-refractivity contribution in [3.05, 3.63) is 0 Å². The van der Waals surface area contributed by atoms with Gasteiger partial charge >= 0.3 is 12.4 Å². The zero-order valence-corrected chi connectivity index (χ0v) is 12.2. The number of hydrogen-bond donors (Lipinski definition) is 0. The minimum Gasteiger partial charge on any atom is -0.170 e. The monoisotopic (exact) mass is 316 g/mol. The van der Waals surface area contributed by atoms with Gasteiger partial charge in [-0.3, -0.25) is 0 Å². The van der Waals surface area contributed by atoms with Gasteiger partial charge in [0.15, 0.2) is 5.41 Å². The molecule has 21 heavy (non-hydrogen) atoms. The maximum absolute atomic E-state index is 13.0. The van der Waals surface area contributed by atoms with Gasteiger partial charge in [0.2, 0.25) is 0 Å². The van der Waals surface area contributed by atoms with Crippen molar-refractivity contribution in [2.75, 3.05) is 0 Å². The van der Waals surface area contributed by atoms with Gasteiger partial charge in [0.1, 0.15) is 0 Å². The van der Waals surface area contributed by atoms with Crippen LogP contribution in [-0.4, -0.2) is 12.4 Å². The van der Waals surface area contributed by atoms with Gasteiger partial charge in [0.05, 0.1) is 0 Å². The van der Waals surface area contributed by atoms with E-state index in [-0.39, 0.29) is 18.8 Å².